The molecule has 1 aromatic rings. The highest BCUT2D eigenvalue weighted by Gasteiger charge is 2.21. The maximum absolute atomic E-state index is 12.2. The number of amides is 1. The van der Waals surface area contributed by atoms with Gasteiger partial charge in [-0.1, -0.05) is 30.5 Å². The molecule has 108 valence electrons. The SMILES string of the molecule is Cc1ccc2c(c1)CCCN2CC(=O)NC1CCCC1. The molecule has 3 heteroatoms. The molecule has 0 spiro atoms. The number of nitrogens with one attached hydrogen (secondary N) is 1. The van der Waals surface area contributed by atoms with Gasteiger partial charge in [-0.25, -0.2) is 0 Å². The number of carbonyl (C=O) groups is 1. The van der Waals surface area contributed by atoms with Crippen molar-refractivity contribution < 1.29 is 4.79 Å². The van der Waals surface area contributed by atoms with Crippen molar-refractivity contribution in [2.75, 3.05) is 18.0 Å². The summed E-state index contributed by atoms with van der Waals surface area (Å²) < 4.78 is 0. The maximum atomic E-state index is 12.2. The lowest BCUT2D eigenvalue weighted by molar-refractivity contribution is -0.120. The Bertz CT molecular complexity index is 492. The lowest BCUT2D eigenvalue weighted by Crippen LogP contribution is -2.42. The smallest absolute Gasteiger partial charge is 0.239 e. The number of hydrogen-bond acceptors (Lipinski definition) is 2. The van der Waals surface area contributed by atoms with Crippen LogP contribution in [-0.4, -0.2) is 25.0 Å². The zero-order valence-electron chi connectivity index (χ0n) is 12.3. The van der Waals surface area contributed by atoms with Gasteiger partial charge in [0.1, 0.15) is 0 Å². The molecule has 3 nitrogen and oxygen atoms in total. The fourth-order valence-corrected chi connectivity index (χ4v) is 3.48. The first-order chi connectivity index (χ1) is 9.72. The van der Waals surface area contributed by atoms with Crippen molar-refractivity contribution in [3.05, 3.63) is 29.3 Å². The summed E-state index contributed by atoms with van der Waals surface area (Å²) in [4.78, 5) is 14.4. The van der Waals surface area contributed by atoms with Gasteiger partial charge < -0.3 is 10.2 Å². The molecule has 20 heavy (non-hydrogen) atoms. The van der Waals surface area contributed by atoms with Gasteiger partial charge in [-0.2, -0.15) is 0 Å². The van der Waals surface area contributed by atoms with Gasteiger partial charge in [-0.3, -0.25) is 4.79 Å². The van der Waals surface area contributed by atoms with E-state index >= 15 is 0 Å². The average molecular weight is 272 g/mol. The predicted molar refractivity (Wildman–Crippen MR) is 82.1 cm³/mol. The Balaban J connectivity index is 1.65. The Labute approximate surface area is 121 Å². The minimum atomic E-state index is 0.185. The van der Waals surface area contributed by atoms with E-state index in [9.17, 15) is 4.79 Å². The molecule has 0 saturated heterocycles. The second kappa shape index (κ2) is 5.86. The highest BCUT2D eigenvalue weighted by Crippen LogP contribution is 2.27. The van der Waals surface area contributed by atoms with Crippen LogP contribution in [0, 0.1) is 6.92 Å². The molecule has 1 amide bonds. The van der Waals surface area contributed by atoms with E-state index in [1.807, 2.05) is 0 Å². The topological polar surface area (TPSA) is 32.3 Å². The Hall–Kier alpha value is -1.51. The van der Waals surface area contributed by atoms with Crippen molar-refractivity contribution in [2.45, 2.75) is 51.5 Å². The molecule has 0 atom stereocenters. The van der Waals surface area contributed by atoms with Crippen LogP contribution in [0.3, 0.4) is 0 Å². The van der Waals surface area contributed by atoms with Gasteiger partial charge in [0, 0.05) is 18.3 Å². The predicted octanol–water partition coefficient (Wildman–Crippen LogP) is 2.81. The first-order valence-corrected chi connectivity index (χ1v) is 7.86. The molecule has 1 fully saturated rings. The van der Waals surface area contributed by atoms with Gasteiger partial charge >= 0.3 is 0 Å². The van der Waals surface area contributed by atoms with Crippen LogP contribution in [0.15, 0.2) is 18.2 Å². The standard InChI is InChI=1S/C17H24N2O/c1-13-8-9-16-14(11-13)5-4-10-19(16)12-17(20)18-15-6-2-3-7-15/h8-9,11,15H,2-7,10,12H2,1H3,(H,18,20). The number of benzene rings is 1. The summed E-state index contributed by atoms with van der Waals surface area (Å²) in [6.07, 6.45) is 7.11. The van der Waals surface area contributed by atoms with E-state index in [0.717, 1.165) is 32.2 Å². The van der Waals surface area contributed by atoms with Crippen LogP contribution < -0.4 is 10.2 Å². The molecule has 1 aromatic carbocycles. The monoisotopic (exact) mass is 272 g/mol. The second-order valence-electron chi connectivity index (χ2n) is 6.21. The van der Waals surface area contributed by atoms with Crippen molar-refractivity contribution in [1.82, 2.24) is 5.32 Å². The summed E-state index contributed by atoms with van der Waals surface area (Å²) in [5.41, 5.74) is 3.95. The summed E-state index contributed by atoms with van der Waals surface area (Å²) in [7, 11) is 0. The molecule has 3 rings (SSSR count). The fraction of sp³-hybridized carbons (Fsp3) is 0.588. The molecular weight excluding hydrogens is 248 g/mol. The van der Waals surface area contributed by atoms with E-state index in [0.29, 0.717) is 12.6 Å². The summed E-state index contributed by atoms with van der Waals surface area (Å²) in [5, 5.41) is 3.19. The molecule has 0 aromatic heterocycles. The van der Waals surface area contributed by atoms with E-state index in [4.69, 9.17) is 0 Å². The third-order valence-corrected chi connectivity index (χ3v) is 4.50. The second-order valence-corrected chi connectivity index (χ2v) is 6.21. The summed E-state index contributed by atoms with van der Waals surface area (Å²) >= 11 is 0. The van der Waals surface area contributed by atoms with Gasteiger partial charge in [0.25, 0.3) is 0 Å². The molecule has 0 unspecified atom stereocenters. The zero-order valence-corrected chi connectivity index (χ0v) is 12.3. The highest BCUT2D eigenvalue weighted by molar-refractivity contribution is 5.82. The molecule has 0 bridgehead atoms. The first kappa shape index (κ1) is 13.5. The summed E-state index contributed by atoms with van der Waals surface area (Å²) in [6.45, 7) is 3.63. The lowest BCUT2D eigenvalue weighted by Gasteiger charge is -2.31. The number of anilines is 1. The minimum Gasteiger partial charge on any atom is -0.362 e. The summed E-state index contributed by atoms with van der Waals surface area (Å²) in [5.74, 6) is 0.185. The first-order valence-electron chi connectivity index (χ1n) is 7.86. The molecule has 1 N–H and O–H groups in total. The molecule has 2 aliphatic rings. The van der Waals surface area contributed by atoms with E-state index in [1.165, 1.54) is 29.7 Å². The highest BCUT2D eigenvalue weighted by atomic mass is 16.2. The van der Waals surface area contributed by atoms with Crippen LogP contribution in [0.1, 0.15) is 43.2 Å². The zero-order chi connectivity index (χ0) is 13.9. The fourth-order valence-electron chi connectivity index (χ4n) is 3.48. The lowest BCUT2D eigenvalue weighted by atomic mass is 9.99. The van der Waals surface area contributed by atoms with Crippen LogP contribution in [0.25, 0.3) is 0 Å². The summed E-state index contributed by atoms with van der Waals surface area (Å²) in [6, 6.07) is 7.00. The van der Waals surface area contributed by atoms with Crippen molar-refractivity contribution in [2.24, 2.45) is 0 Å². The average Bonchev–Trinajstić information content (AvgIpc) is 2.91. The third kappa shape index (κ3) is 2.97. The van der Waals surface area contributed by atoms with Crippen LogP contribution in [0.2, 0.25) is 0 Å². The van der Waals surface area contributed by atoms with Gasteiger partial charge in [0.15, 0.2) is 0 Å². The number of aryl methyl sites for hydroxylation is 2. The Kier molecular flexibility index (Phi) is 3.95. The van der Waals surface area contributed by atoms with Crippen LogP contribution in [0.5, 0.6) is 0 Å². The Morgan fingerprint density at radius 2 is 2.10 bits per heavy atom. The Morgan fingerprint density at radius 3 is 2.90 bits per heavy atom. The quantitative estimate of drug-likeness (QED) is 0.917. The van der Waals surface area contributed by atoms with Crippen molar-refractivity contribution in [3.63, 3.8) is 0 Å². The van der Waals surface area contributed by atoms with Crippen molar-refractivity contribution >= 4 is 11.6 Å². The molecular formula is C17H24N2O. The van der Waals surface area contributed by atoms with Crippen LogP contribution >= 0.6 is 0 Å². The Morgan fingerprint density at radius 1 is 1.30 bits per heavy atom. The van der Waals surface area contributed by atoms with Gasteiger partial charge in [0.2, 0.25) is 5.91 Å². The minimum absolute atomic E-state index is 0.185. The van der Waals surface area contributed by atoms with Gasteiger partial charge in [-0.05, 0) is 44.2 Å². The molecule has 1 heterocycles. The number of fused-ring (bicyclic) bond motifs is 1. The van der Waals surface area contributed by atoms with E-state index < -0.39 is 0 Å². The van der Waals surface area contributed by atoms with E-state index in [1.54, 1.807) is 0 Å². The molecule has 1 aliphatic carbocycles. The van der Waals surface area contributed by atoms with Crippen LogP contribution in [-0.2, 0) is 11.2 Å². The van der Waals surface area contributed by atoms with Gasteiger partial charge in [-0.15, -0.1) is 0 Å². The molecule has 0 radical (unpaired) electrons. The largest absolute Gasteiger partial charge is 0.362 e. The maximum Gasteiger partial charge on any atom is 0.239 e. The van der Waals surface area contributed by atoms with E-state index in [2.05, 4.69) is 35.3 Å². The van der Waals surface area contributed by atoms with Crippen molar-refractivity contribution in [3.8, 4) is 0 Å². The molecule has 1 aliphatic heterocycles. The van der Waals surface area contributed by atoms with Gasteiger partial charge in [0.05, 0.1) is 6.54 Å². The van der Waals surface area contributed by atoms with E-state index in [-0.39, 0.29) is 5.91 Å². The number of nitrogens with zero attached hydrogens (tertiary/aromatic N) is 1. The van der Waals surface area contributed by atoms with Crippen molar-refractivity contribution in [1.29, 1.82) is 0 Å². The number of rotatable bonds is 3. The molecule has 1 saturated carbocycles. The van der Waals surface area contributed by atoms with Crippen LogP contribution in [0.4, 0.5) is 5.69 Å². The number of carbonyl (C=O) groups excluding carboxylic acids is 1. The number of hydrogen-bond donors (Lipinski definition) is 1. The normalized spacial score (nSPS) is 18.9. The third-order valence-electron chi connectivity index (χ3n) is 4.50.